The summed E-state index contributed by atoms with van der Waals surface area (Å²) in [5, 5.41) is 50.0. The number of esters is 1. The molecule has 3 rings (SSSR count). The normalized spacial score (nSPS) is 46.2. The maximum atomic E-state index is 12.1. The molecule has 160 valence electrons. The summed E-state index contributed by atoms with van der Waals surface area (Å²) in [5.41, 5.74) is 0.213. The van der Waals surface area contributed by atoms with Crippen LogP contribution in [0.5, 0.6) is 0 Å². The summed E-state index contributed by atoms with van der Waals surface area (Å²) in [4.78, 5) is 12.1. The van der Waals surface area contributed by atoms with Gasteiger partial charge in [-0.25, -0.2) is 4.79 Å². The minimum absolute atomic E-state index is 0.190. The largest absolute Gasteiger partial charge is 0.471 e. The van der Waals surface area contributed by atoms with Crippen LogP contribution in [0, 0.1) is 11.8 Å². The first-order valence-electron chi connectivity index (χ1n) is 8.97. The van der Waals surface area contributed by atoms with Gasteiger partial charge in [-0.1, -0.05) is 0 Å². The monoisotopic (exact) mass is 406 g/mol. The Kier molecular flexibility index (Phi) is 6.27. The Bertz CT molecular complexity index is 604. The van der Waals surface area contributed by atoms with E-state index in [1.165, 1.54) is 20.3 Å². The Morgan fingerprint density at radius 2 is 1.96 bits per heavy atom. The molecule has 0 aliphatic carbocycles. The van der Waals surface area contributed by atoms with Crippen LogP contribution in [0.1, 0.15) is 13.3 Å². The first-order valence-corrected chi connectivity index (χ1v) is 8.97. The lowest BCUT2D eigenvalue weighted by Crippen LogP contribution is -2.62. The molecule has 2 saturated heterocycles. The van der Waals surface area contributed by atoms with E-state index in [-0.39, 0.29) is 12.2 Å². The van der Waals surface area contributed by atoms with Gasteiger partial charge in [-0.15, -0.1) is 0 Å². The number of methoxy groups -OCH3 is 1. The first-order chi connectivity index (χ1) is 13.2. The summed E-state index contributed by atoms with van der Waals surface area (Å²) in [6, 6.07) is 0. The van der Waals surface area contributed by atoms with Crippen molar-refractivity contribution in [2.24, 2.45) is 11.8 Å². The number of fused-ring (bicyclic) bond motifs is 1. The molecule has 3 heterocycles. The molecule has 11 nitrogen and oxygen atoms in total. The van der Waals surface area contributed by atoms with Gasteiger partial charge in [0.1, 0.15) is 24.4 Å². The van der Waals surface area contributed by atoms with Gasteiger partial charge < -0.3 is 49.2 Å². The van der Waals surface area contributed by atoms with Crippen LogP contribution in [0.4, 0.5) is 0 Å². The second-order valence-corrected chi connectivity index (χ2v) is 7.23. The quantitative estimate of drug-likeness (QED) is 0.315. The second-order valence-electron chi connectivity index (χ2n) is 7.23. The molecule has 2 fully saturated rings. The molecule has 0 saturated carbocycles. The Balaban J connectivity index is 1.84. The van der Waals surface area contributed by atoms with Gasteiger partial charge in [0.2, 0.25) is 6.29 Å². The van der Waals surface area contributed by atoms with Crippen LogP contribution in [-0.2, 0) is 28.5 Å². The fraction of sp³-hybridized carbons (Fsp3) is 0.824. The summed E-state index contributed by atoms with van der Waals surface area (Å²) in [7, 11) is 1.23. The average Bonchev–Trinajstić information content (AvgIpc) is 2.67. The van der Waals surface area contributed by atoms with Gasteiger partial charge in [0, 0.05) is 5.92 Å². The highest BCUT2D eigenvalue weighted by molar-refractivity contribution is 5.88. The summed E-state index contributed by atoms with van der Waals surface area (Å²) < 4.78 is 26.6. The Morgan fingerprint density at radius 3 is 2.61 bits per heavy atom. The molecule has 0 amide bonds. The lowest BCUT2D eigenvalue weighted by Gasteiger charge is -2.49. The number of hydrogen-bond acceptors (Lipinski definition) is 11. The fourth-order valence-electron chi connectivity index (χ4n) is 3.89. The van der Waals surface area contributed by atoms with Crippen molar-refractivity contribution < 1.29 is 54.0 Å². The van der Waals surface area contributed by atoms with Crippen molar-refractivity contribution in [1.82, 2.24) is 0 Å². The third-order valence-electron chi connectivity index (χ3n) is 5.43. The number of rotatable bonds is 4. The number of aliphatic hydroxyl groups excluding tert-OH is 4. The van der Waals surface area contributed by atoms with E-state index in [1.54, 1.807) is 0 Å². The Labute approximate surface area is 161 Å². The number of aliphatic hydroxyl groups is 5. The number of ether oxygens (including phenoxy) is 5. The van der Waals surface area contributed by atoms with E-state index in [2.05, 4.69) is 0 Å². The Hall–Kier alpha value is -1.31. The summed E-state index contributed by atoms with van der Waals surface area (Å²) in [6.07, 6.45) is -7.08. The molecule has 28 heavy (non-hydrogen) atoms. The SMILES string of the molecule is COC(=O)C1=CO[C@@H](O[C@@H]2O[C@H](CO)[C@@H](O)[C@H](O)[C@H]2O)[C@H]2[C@@H]1CCO[C@@]2(C)O. The number of carbonyl (C=O) groups excluding carboxylic acids is 1. The van der Waals surface area contributed by atoms with Gasteiger partial charge in [0.25, 0.3) is 0 Å². The van der Waals surface area contributed by atoms with E-state index in [0.717, 1.165) is 0 Å². The third-order valence-corrected chi connectivity index (χ3v) is 5.43. The fourth-order valence-corrected chi connectivity index (χ4v) is 3.89. The van der Waals surface area contributed by atoms with Gasteiger partial charge in [0.05, 0.1) is 38.1 Å². The standard InChI is InChI=1S/C17H26O11/c1-17(23)10-7(3-4-26-17)8(14(22)24-2)6-25-15(10)28-16-13(21)12(20)11(19)9(5-18)27-16/h6-7,9-13,15-16,18-21,23H,3-5H2,1-2H3/t7-,9-,10-,11-,12+,13-,15+,16+,17-/m1/s1. The van der Waals surface area contributed by atoms with Crippen LogP contribution < -0.4 is 0 Å². The van der Waals surface area contributed by atoms with Crippen LogP contribution >= 0.6 is 0 Å². The smallest absolute Gasteiger partial charge is 0.337 e. The molecule has 0 aromatic heterocycles. The molecule has 0 aromatic rings. The molecule has 0 unspecified atom stereocenters. The highest BCUT2D eigenvalue weighted by Gasteiger charge is 2.55. The van der Waals surface area contributed by atoms with Crippen molar-refractivity contribution in [2.75, 3.05) is 20.3 Å². The van der Waals surface area contributed by atoms with Gasteiger partial charge in [-0.3, -0.25) is 0 Å². The molecule has 3 aliphatic rings. The molecular formula is C17H26O11. The number of carbonyl (C=O) groups is 1. The van der Waals surface area contributed by atoms with Crippen molar-refractivity contribution in [1.29, 1.82) is 0 Å². The molecule has 11 heteroatoms. The van der Waals surface area contributed by atoms with Gasteiger partial charge in [0.15, 0.2) is 12.1 Å². The van der Waals surface area contributed by atoms with E-state index >= 15 is 0 Å². The molecule has 0 aromatic carbocycles. The lowest BCUT2D eigenvalue weighted by atomic mass is 9.75. The van der Waals surface area contributed by atoms with Crippen molar-refractivity contribution in [3.63, 3.8) is 0 Å². The minimum atomic E-state index is -1.73. The van der Waals surface area contributed by atoms with Crippen molar-refractivity contribution in [2.45, 2.75) is 56.1 Å². The van der Waals surface area contributed by atoms with E-state index in [4.69, 9.17) is 23.7 Å². The molecular weight excluding hydrogens is 380 g/mol. The van der Waals surface area contributed by atoms with E-state index in [1.807, 2.05) is 0 Å². The molecule has 9 atom stereocenters. The van der Waals surface area contributed by atoms with Crippen LogP contribution in [0.3, 0.4) is 0 Å². The predicted molar refractivity (Wildman–Crippen MR) is 88.0 cm³/mol. The van der Waals surface area contributed by atoms with Crippen molar-refractivity contribution in [3.8, 4) is 0 Å². The molecule has 0 radical (unpaired) electrons. The zero-order chi connectivity index (χ0) is 20.6. The first kappa shape index (κ1) is 21.4. The van der Waals surface area contributed by atoms with Crippen LogP contribution in [0.2, 0.25) is 0 Å². The zero-order valence-electron chi connectivity index (χ0n) is 15.5. The minimum Gasteiger partial charge on any atom is -0.471 e. The zero-order valence-corrected chi connectivity index (χ0v) is 15.5. The molecule has 0 spiro atoms. The van der Waals surface area contributed by atoms with E-state index < -0.39 is 67.2 Å². The average molecular weight is 406 g/mol. The predicted octanol–water partition coefficient (Wildman–Crippen LogP) is -2.42. The second kappa shape index (κ2) is 8.20. The van der Waals surface area contributed by atoms with E-state index in [9.17, 15) is 30.3 Å². The Morgan fingerprint density at radius 1 is 1.25 bits per heavy atom. The number of hydrogen-bond donors (Lipinski definition) is 5. The van der Waals surface area contributed by atoms with E-state index in [0.29, 0.717) is 6.42 Å². The van der Waals surface area contributed by atoms with Gasteiger partial charge in [-0.05, 0) is 13.3 Å². The maximum absolute atomic E-state index is 12.1. The molecule has 5 N–H and O–H groups in total. The summed E-state index contributed by atoms with van der Waals surface area (Å²) in [6.45, 7) is 0.974. The summed E-state index contributed by atoms with van der Waals surface area (Å²) >= 11 is 0. The van der Waals surface area contributed by atoms with Gasteiger partial charge >= 0.3 is 5.97 Å². The molecule has 3 aliphatic heterocycles. The third kappa shape index (κ3) is 3.76. The van der Waals surface area contributed by atoms with Crippen molar-refractivity contribution in [3.05, 3.63) is 11.8 Å². The highest BCUT2D eigenvalue weighted by atomic mass is 16.8. The maximum Gasteiger partial charge on any atom is 0.337 e. The topological polar surface area (TPSA) is 164 Å². The van der Waals surface area contributed by atoms with Gasteiger partial charge in [-0.2, -0.15) is 0 Å². The summed E-state index contributed by atoms with van der Waals surface area (Å²) in [5.74, 6) is -3.73. The van der Waals surface area contributed by atoms with Crippen LogP contribution in [0.15, 0.2) is 11.8 Å². The van der Waals surface area contributed by atoms with Crippen molar-refractivity contribution >= 4 is 5.97 Å². The van der Waals surface area contributed by atoms with Crippen LogP contribution in [0.25, 0.3) is 0 Å². The molecule has 0 bridgehead atoms. The lowest BCUT2D eigenvalue weighted by molar-refractivity contribution is -0.370. The van der Waals surface area contributed by atoms with Crippen LogP contribution in [-0.4, -0.2) is 94.6 Å². The highest BCUT2D eigenvalue weighted by Crippen LogP contribution is 2.45.